The first-order chi connectivity index (χ1) is 11.4. The van der Waals surface area contributed by atoms with Gasteiger partial charge in [-0.15, -0.1) is 0 Å². The van der Waals surface area contributed by atoms with Crippen molar-refractivity contribution in [3.8, 4) is 5.75 Å². The molecule has 1 aliphatic rings. The zero-order valence-corrected chi connectivity index (χ0v) is 14.5. The predicted molar refractivity (Wildman–Crippen MR) is 88.4 cm³/mol. The molecule has 132 valence electrons. The number of esters is 2. The van der Waals surface area contributed by atoms with Gasteiger partial charge in [-0.25, -0.2) is 8.42 Å². The SMILES string of the molecule is CCOC(=O)CCc1cccc(OC(=O)C2CCS(=O)(=O)CC2)c1. The fourth-order valence-corrected chi connectivity index (χ4v) is 4.06. The lowest BCUT2D eigenvalue weighted by molar-refractivity contribution is -0.143. The van der Waals surface area contributed by atoms with E-state index in [0.717, 1.165) is 5.56 Å². The van der Waals surface area contributed by atoms with E-state index in [0.29, 0.717) is 31.6 Å². The van der Waals surface area contributed by atoms with Crippen LogP contribution in [0.15, 0.2) is 24.3 Å². The maximum absolute atomic E-state index is 12.1. The van der Waals surface area contributed by atoms with Gasteiger partial charge in [0.05, 0.1) is 24.0 Å². The number of ether oxygens (including phenoxy) is 2. The van der Waals surface area contributed by atoms with Crippen LogP contribution in [0.5, 0.6) is 5.75 Å². The molecular formula is C17H22O6S. The van der Waals surface area contributed by atoms with Crippen molar-refractivity contribution < 1.29 is 27.5 Å². The van der Waals surface area contributed by atoms with E-state index in [1.807, 2.05) is 6.07 Å². The summed E-state index contributed by atoms with van der Waals surface area (Å²) in [7, 11) is -3.00. The first-order valence-corrected chi connectivity index (χ1v) is 9.88. The fraction of sp³-hybridized carbons (Fsp3) is 0.529. The van der Waals surface area contributed by atoms with Gasteiger partial charge in [-0.3, -0.25) is 9.59 Å². The predicted octanol–water partition coefficient (Wildman–Crippen LogP) is 1.91. The maximum Gasteiger partial charge on any atom is 0.314 e. The van der Waals surface area contributed by atoms with Gasteiger partial charge in [-0.1, -0.05) is 12.1 Å². The van der Waals surface area contributed by atoms with Crippen LogP contribution in [0.25, 0.3) is 0 Å². The minimum absolute atomic E-state index is 0.0341. The monoisotopic (exact) mass is 354 g/mol. The topological polar surface area (TPSA) is 86.7 Å². The lowest BCUT2D eigenvalue weighted by atomic mass is 10.0. The lowest BCUT2D eigenvalue weighted by Gasteiger charge is -2.20. The lowest BCUT2D eigenvalue weighted by Crippen LogP contribution is -2.30. The number of benzene rings is 1. The van der Waals surface area contributed by atoms with Gasteiger partial charge >= 0.3 is 11.9 Å². The molecule has 0 saturated carbocycles. The first-order valence-electron chi connectivity index (χ1n) is 8.06. The summed E-state index contributed by atoms with van der Waals surface area (Å²) in [5.41, 5.74) is 0.875. The highest BCUT2D eigenvalue weighted by atomic mass is 32.2. The molecule has 0 unspecified atom stereocenters. The Kier molecular flexibility index (Phi) is 6.36. The summed E-state index contributed by atoms with van der Waals surface area (Å²) in [5.74, 6) is -0.555. The Morgan fingerprint density at radius 3 is 2.58 bits per heavy atom. The molecule has 1 aromatic carbocycles. The van der Waals surface area contributed by atoms with Crippen molar-refractivity contribution in [1.82, 2.24) is 0 Å². The molecule has 1 heterocycles. The highest BCUT2D eigenvalue weighted by Gasteiger charge is 2.29. The van der Waals surface area contributed by atoms with Crippen molar-refractivity contribution in [2.75, 3.05) is 18.1 Å². The minimum Gasteiger partial charge on any atom is -0.466 e. The molecule has 24 heavy (non-hydrogen) atoms. The second-order valence-corrected chi connectivity index (χ2v) is 8.10. The summed E-state index contributed by atoms with van der Waals surface area (Å²) < 4.78 is 33.1. The Bertz CT molecular complexity index is 681. The molecule has 0 aliphatic carbocycles. The second kappa shape index (κ2) is 8.28. The van der Waals surface area contributed by atoms with Crippen LogP contribution in [-0.4, -0.2) is 38.5 Å². The summed E-state index contributed by atoms with van der Waals surface area (Å²) in [4.78, 5) is 23.5. The van der Waals surface area contributed by atoms with E-state index in [-0.39, 0.29) is 29.8 Å². The van der Waals surface area contributed by atoms with Gasteiger partial charge in [-0.05, 0) is 43.9 Å². The maximum atomic E-state index is 12.1. The molecule has 0 bridgehead atoms. The van der Waals surface area contributed by atoms with E-state index in [4.69, 9.17) is 9.47 Å². The smallest absolute Gasteiger partial charge is 0.314 e. The normalized spacial score (nSPS) is 17.2. The van der Waals surface area contributed by atoms with Crippen LogP contribution in [0.4, 0.5) is 0 Å². The Morgan fingerprint density at radius 2 is 1.92 bits per heavy atom. The number of carbonyl (C=O) groups excluding carboxylic acids is 2. The molecule has 1 aromatic rings. The van der Waals surface area contributed by atoms with Gasteiger partial charge in [0.25, 0.3) is 0 Å². The zero-order chi connectivity index (χ0) is 17.6. The molecule has 0 aromatic heterocycles. The van der Waals surface area contributed by atoms with Crippen LogP contribution in [-0.2, 0) is 30.6 Å². The molecule has 0 spiro atoms. The third-order valence-corrected chi connectivity index (χ3v) is 5.64. The Balaban J connectivity index is 1.89. The average molecular weight is 354 g/mol. The Hall–Kier alpha value is -1.89. The molecule has 1 aliphatic heterocycles. The minimum atomic E-state index is -3.00. The van der Waals surface area contributed by atoms with Gasteiger partial charge in [0.1, 0.15) is 15.6 Å². The standard InChI is InChI=1S/C17H22O6S/c1-2-22-16(18)7-6-13-4-3-5-15(12-13)23-17(19)14-8-10-24(20,21)11-9-14/h3-5,12,14H,2,6-11H2,1H3. The molecule has 1 fully saturated rings. The molecular weight excluding hydrogens is 332 g/mol. The molecule has 0 atom stereocenters. The van der Waals surface area contributed by atoms with Gasteiger partial charge in [-0.2, -0.15) is 0 Å². The fourth-order valence-electron chi connectivity index (χ4n) is 2.57. The molecule has 6 nitrogen and oxygen atoms in total. The number of sulfone groups is 1. The number of aryl methyl sites for hydroxylation is 1. The summed E-state index contributed by atoms with van der Waals surface area (Å²) in [5, 5.41) is 0. The van der Waals surface area contributed by atoms with Crippen molar-refractivity contribution >= 4 is 21.8 Å². The van der Waals surface area contributed by atoms with E-state index >= 15 is 0 Å². The summed E-state index contributed by atoms with van der Waals surface area (Å²) in [6, 6.07) is 7.00. The number of hydrogen-bond acceptors (Lipinski definition) is 6. The number of hydrogen-bond donors (Lipinski definition) is 0. The first kappa shape index (κ1) is 18.4. The van der Waals surface area contributed by atoms with E-state index in [2.05, 4.69) is 0 Å². The largest absolute Gasteiger partial charge is 0.466 e. The molecule has 0 N–H and O–H groups in total. The zero-order valence-electron chi connectivity index (χ0n) is 13.7. The van der Waals surface area contributed by atoms with E-state index < -0.39 is 15.8 Å². The van der Waals surface area contributed by atoms with Crippen molar-refractivity contribution in [2.45, 2.75) is 32.6 Å². The summed E-state index contributed by atoms with van der Waals surface area (Å²) in [6.07, 6.45) is 1.39. The third kappa shape index (κ3) is 5.63. The second-order valence-electron chi connectivity index (χ2n) is 5.80. The molecule has 7 heteroatoms. The molecule has 2 rings (SSSR count). The number of rotatable bonds is 6. The summed E-state index contributed by atoms with van der Waals surface area (Å²) in [6.45, 7) is 2.11. The van der Waals surface area contributed by atoms with Crippen LogP contribution < -0.4 is 4.74 Å². The van der Waals surface area contributed by atoms with Gasteiger partial charge in [0.15, 0.2) is 0 Å². The highest BCUT2D eigenvalue weighted by Crippen LogP contribution is 2.22. The number of carbonyl (C=O) groups is 2. The molecule has 0 radical (unpaired) electrons. The van der Waals surface area contributed by atoms with Crippen LogP contribution in [0.2, 0.25) is 0 Å². The van der Waals surface area contributed by atoms with Crippen molar-refractivity contribution in [3.05, 3.63) is 29.8 Å². The molecule has 1 saturated heterocycles. The van der Waals surface area contributed by atoms with E-state index in [1.165, 1.54) is 0 Å². The average Bonchev–Trinajstić information content (AvgIpc) is 2.53. The van der Waals surface area contributed by atoms with Gasteiger partial charge < -0.3 is 9.47 Å². The molecule has 0 amide bonds. The van der Waals surface area contributed by atoms with Crippen LogP contribution in [0, 0.1) is 5.92 Å². The van der Waals surface area contributed by atoms with Crippen LogP contribution in [0.1, 0.15) is 31.7 Å². The van der Waals surface area contributed by atoms with Gasteiger partial charge in [0, 0.05) is 6.42 Å². The quantitative estimate of drug-likeness (QED) is 0.573. The third-order valence-electron chi connectivity index (χ3n) is 3.93. The van der Waals surface area contributed by atoms with E-state index in [9.17, 15) is 18.0 Å². The summed E-state index contributed by atoms with van der Waals surface area (Å²) >= 11 is 0. The van der Waals surface area contributed by atoms with E-state index in [1.54, 1.807) is 25.1 Å². The van der Waals surface area contributed by atoms with Crippen molar-refractivity contribution in [1.29, 1.82) is 0 Å². The van der Waals surface area contributed by atoms with Crippen molar-refractivity contribution in [2.24, 2.45) is 5.92 Å². The van der Waals surface area contributed by atoms with Crippen molar-refractivity contribution in [3.63, 3.8) is 0 Å². The van der Waals surface area contributed by atoms with Crippen LogP contribution >= 0.6 is 0 Å². The Morgan fingerprint density at radius 1 is 1.21 bits per heavy atom. The van der Waals surface area contributed by atoms with Crippen LogP contribution in [0.3, 0.4) is 0 Å². The highest BCUT2D eigenvalue weighted by molar-refractivity contribution is 7.91. The Labute approximate surface area is 142 Å². The van der Waals surface area contributed by atoms with Gasteiger partial charge in [0.2, 0.25) is 0 Å².